The molecule has 0 saturated heterocycles. The maximum Gasteiger partial charge on any atom is 0.171 e. The molecule has 0 spiro atoms. The lowest BCUT2D eigenvalue weighted by Gasteiger charge is -2.10. The van der Waals surface area contributed by atoms with Crippen LogP contribution in [0.1, 0.15) is 5.56 Å². The SMILES string of the molecule is N/C(=N/O)c1ccc(Oc2ccc(Cl)cc2Br)cc1Br. The zero-order chi connectivity index (χ0) is 14.7. The van der Waals surface area contributed by atoms with E-state index in [4.69, 9.17) is 27.3 Å². The Bertz CT molecular complexity index is 677. The summed E-state index contributed by atoms with van der Waals surface area (Å²) in [6.07, 6.45) is 0. The highest BCUT2D eigenvalue weighted by atomic mass is 79.9. The highest BCUT2D eigenvalue weighted by Gasteiger charge is 2.08. The molecule has 0 aliphatic heterocycles. The number of nitrogens with two attached hydrogens (primary N) is 1. The number of amidine groups is 1. The molecule has 2 aromatic rings. The second kappa shape index (κ2) is 6.47. The van der Waals surface area contributed by atoms with E-state index in [1.807, 2.05) is 0 Å². The Balaban J connectivity index is 2.29. The van der Waals surface area contributed by atoms with Crippen LogP contribution < -0.4 is 10.5 Å². The highest BCUT2D eigenvalue weighted by molar-refractivity contribution is 9.10. The summed E-state index contributed by atoms with van der Waals surface area (Å²) >= 11 is 12.6. The molecule has 0 aliphatic carbocycles. The molecular weight excluding hydrogens is 411 g/mol. The summed E-state index contributed by atoms with van der Waals surface area (Å²) in [5.41, 5.74) is 6.12. The van der Waals surface area contributed by atoms with Gasteiger partial charge >= 0.3 is 0 Å². The third kappa shape index (κ3) is 3.45. The van der Waals surface area contributed by atoms with Gasteiger partial charge in [-0.25, -0.2) is 0 Å². The van der Waals surface area contributed by atoms with Crippen LogP contribution in [0.4, 0.5) is 0 Å². The first kappa shape index (κ1) is 15.2. The third-order valence-electron chi connectivity index (χ3n) is 2.45. The molecule has 0 bridgehead atoms. The van der Waals surface area contributed by atoms with Gasteiger partial charge in [0, 0.05) is 15.1 Å². The largest absolute Gasteiger partial charge is 0.456 e. The molecular formula is C13H9Br2ClN2O2. The van der Waals surface area contributed by atoms with Crippen LogP contribution in [0.25, 0.3) is 0 Å². The summed E-state index contributed by atoms with van der Waals surface area (Å²) in [4.78, 5) is 0. The molecule has 0 aliphatic rings. The summed E-state index contributed by atoms with van der Waals surface area (Å²) in [6, 6.07) is 10.4. The second-order valence-corrected chi connectivity index (χ2v) is 5.95. The van der Waals surface area contributed by atoms with Crippen molar-refractivity contribution in [3.63, 3.8) is 0 Å². The Labute approximate surface area is 137 Å². The van der Waals surface area contributed by atoms with E-state index in [0.717, 1.165) is 4.47 Å². The number of benzene rings is 2. The second-order valence-electron chi connectivity index (χ2n) is 3.80. The molecule has 4 nitrogen and oxygen atoms in total. The molecule has 0 fully saturated rings. The molecule has 0 amide bonds. The van der Waals surface area contributed by atoms with Crippen molar-refractivity contribution in [3.8, 4) is 11.5 Å². The zero-order valence-corrected chi connectivity index (χ0v) is 13.9. The van der Waals surface area contributed by atoms with Crippen LogP contribution >= 0.6 is 43.5 Å². The van der Waals surface area contributed by atoms with Crippen molar-refractivity contribution in [1.29, 1.82) is 0 Å². The maximum atomic E-state index is 8.67. The third-order valence-corrected chi connectivity index (χ3v) is 3.96. The summed E-state index contributed by atoms with van der Waals surface area (Å²) in [5.74, 6) is 1.27. The Morgan fingerprint density at radius 1 is 1.15 bits per heavy atom. The molecule has 104 valence electrons. The number of rotatable bonds is 3. The number of halogens is 3. The quantitative estimate of drug-likeness (QED) is 0.326. The van der Waals surface area contributed by atoms with E-state index in [1.54, 1.807) is 36.4 Å². The first-order valence-electron chi connectivity index (χ1n) is 5.41. The lowest BCUT2D eigenvalue weighted by Crippen LogP contribution is -2.13. The van der Waals surface area contributed by atoms with Gasteiger partial charge in [0.25, 0.3) is 0 Å². The Morgan fingerprint density at radius 2 is 1.90 bits per heavy atom. The Kier molecular flexibility index (Phi) is 4.91. The summed E-state index contributed by atoms with van der Waals surface area (Å²) in [6.45, 7) is 0. The van der Waals surface area contributed by atoms with Crippen molar-refractivity contribution in [3.05, 3.63) is 55.9 Å². The number of oxime groups is 1. The van der Waals surface area contributed by atoms with Crippen LogP contribution in [0, 0.1) is 0 Å². The van der Waals surface area contributed by atoms with E-state index in [2.05, 4.69) is 37.0 Å². The van der Waals surface area contributed by atoms with Gasteiger partial charge in [-0.15, -0.1) is 0 Å². The average molecular weight is 420 g/mol. The van der Waals surface area contributed by atoms with E-state index in [-0.39, 0.29) is 5.84 Å². The van der Waals surface area contributed by atoms with E-state index < -0.39 is 0 Å². The average Bonchev–Trinajstić information content (AvgIpc) is 2.41. The number of hydrogen-bond acceptors (Lipinski definition) is 3. The van der Waals surface area contributed by atoms with Crippen molar-refractivity contribution in [2.75, 3.05) is 0 Å². The van der Waals surface area contributed by atoms with Crippen molar-refractivity contribution in [1.82, 2.24) is 0 Å². The summed E-state index contributed by atoms with van der Waals surface area (Å²) in [5, 5.41) is 12.2. The van der Waals surface area contributed by atoms with Crippen LogP contribution in [-0.4, -0.2) is 11.0 Å². The van der Waals surface area contributed by atoms with Gasteiger partial charge in [-0.2, -0.15) is 0 Å². The van der Waals surface area contributed by atoms with Gasteiger partial charge in [-0.05, 0) is 68.3 Å². The van der Waals surface area contributed by atoms with Crippen LogP contribution in [-0.2, 0) is 0 Å². The predicted octanol–water partition coefficient (Wildman–Crippen LogP) is 4.75. The number of nitrogens with zero attached hydrogens (tertiary/aromatic N) is 1. The molecule has 20 heavy (non-hydrogen) atoms. The Morgan fingerprint density at radius 3 is 2.50 bits per heavy atom. The van der Waals surface area contributed by atoms with E-state index in [1.165, 1.54) is 0 Å². The highest BCUT2D eigenvalue weighted by Crippen LogP contribution is 2.33. The smallest absolute Gasteiger partial charge is 0.171 e. The minimum absolute atomic E-state index is 0.0242. The molecule has 0 heterocycles. The van der Waals surface area contributed by atoms with Gasteiger partial charge < -0.3 is 15.7 Å². The first-order valence-corrected chi connectivity index (χ1v) is 7.38. The molecule has 0 unspecified atom stereocenters. The molecule has 2 rings (SSSR count). The summed E-state index contributed by atoms with van der Waals surface area (Å²) < 4.78 is 7.15. The van der Waals surface area contributed by atoms with E-state index >= 15 is 0 Å². The standard InChI is InChI=1S/C13H9Br2ClN2O2/c14-10-6-8(2-3-9(10)13(17)18-19)20-12-4-1-7(16)5-11(12)15/h1-6,19H,(H2,17,18). The van der Waals surface area contributed by atoms with Crippen molar-refractivity contribution in [2.24, 2.45) is 10.9 Å². The minimum Gasteiger partial charge on any atom is -0.456 e. The summed E-state index contributed by atoms with van der Waals surface area (Å²) in [7, 11) is 0. The van der Waals surface area contributed by atoms with Gasteiger partial charge in [0.15, 0.2) is 5.84 Å². The molecule has 0 atom stereocenters. The fourth-order valence-corrected chi connectivity index (χ4v) is 2.83. The maximum absolute atomic E-state index is 8.67. The van der Waals surface area contributed by atoms with Crippen LogP contribution in [0.5, 0.6) is 11.5 Å². The zero-order valence-electron chi connectivity index (χ0n) is 9.98. The van der Waals surface area contributed by atoms with Gasteiger partial charge in [0.2, 0.25) is 0 Å². The van der Waals surface area contributed by atoms with Gasteiger partial charge in [-0.3, -0.25) is 0 Å². The monoisotopic (exact) mass is 418 g/mol. The van der Waals surface area contributed by atoms with Crippen molar-refractivity contribution in [2.45, 2.75) is 0 Å². The molecule has 0 aromatic heterocycles. The Hall–Kier alpha value is -1.24. The first-order chi connectivity index (χ1) is 9.51. The van der Waals surface area contributed by atoms with Crippen LogP contribution in [0.15, 0.2) is 50.5 Å². The van der Waals surface area contributed by atoms with Crippen molar-refractivity contribution < 1.29 is 9.94 Å². The van der Waals surface area contributed by atoms with Gasteiger partial charge in [0.1, 0.15) is 11.5 Å². The fourth-order valence-electron chi connectivity index (χ4n) is 1.51. The van der Waals surface area contributed by atoms with Crippen LogP contribution in [0.2, 0.25) is 5.02 Å². The molecule has 0 saturated carbocycles. The predicted molar refractivity (Wildman–Crippen MR) is 85.9 cm³/mol. The number of hydrogen-bond donors (Lipinski definition) is 2. The fraction of sp³-hybridized carbons (Fsp3) is 0. The normalized spacial score (nSPS) is 11.4. The molecule has 7 heteroatoms. The van der Waals surface area contributed by atoms with Gasteiger partial charge in [-0.1, -0.05) is 16.8 Å². The molecule has 2 aromatic carbocycles. The topological polar surface area (TPSA) is 67.8 Å². The van der Waals surface area contributed by atoms with Gasteiger partial charge in [0.05, 0.1) is 4.47 Å². The molecule has 0 radical (unpaired) electrons. The van der Waals surface area contributed by atoms with Crippen LogP contribution in [0.3, 0.4) is 0 Å². The molecule has 3 N–H and O–H groups in total. The lowest BCUT2D eigenvalue weighted by atomic mass is 10.2. The number of ether oxygens (including phenoxy) is 1. The van der Waals surface area contributed by atoms with Crippen molar-refractivity contribution >= 4 is 49.3 Å². The van der Waals surface area contributed by atoms with E-state index in [0.29, 0.717) is 26.6 Å². The lowest BCUT2D eigenvalue weighted by molar-refractivity contribution is 0.318. The minimum atomic E-state index is 0.0242. The van der Waals surface area contributed by atoms with E-state index in [9.17, 15) is 0 Å².